The highest BCUT2D eigenvalue weighted by atomic mass is 16.2. The van der Waals surface area contributed by atoms with Crippen LogP contribution in [0.1, 0.15) is 52.6 Å². The first-order valence-electron chi connectivity index (χ1n) is 9.91. The number of hydrogen-bond acceptors (Lipinski definition) is 4. The minimum absolute atomic E-state index is 0.0259. The molecule has 0 spiro atoms. The number of nitriles is 1. The maximum Gasteiger partial charge on any atom is 0.267 e. The van der Waals surface area contributed by atoms with Gasteiger partial charge in [0, 0.05) is 26.3 Å². The maximum atomic E-state index is 12.6. The topological polar surface area (TPSA) is 90.2 Å². The normalized spacial score (nSPS) is 16.8. The first kappa shape index (κ1) is 20.6. The maximum absolute atomic E-state index is 12.6. The van der Waals surface area contributed by atoms with E-state index in [0.717, 1.165) is 37.1 Å². The van der Waals surface area contributed by atoms with Gasteiger partial charge in [-0.1, -0.05) is 18.6 Å². The molecule has 2 N–H and O–H groups in total. The van der Waals surface area contributed by atoms with Gasteiger partial charge in [-0.15, -0.1) is 0 Å². The predicted molar refractivity (Wildman–Crippen MR) is 110 cm³/mol. The average Bonchev–Trinajstić information content (AvgIpc) is 3.13. The smallest absolute Gasteiger partial charge is 0.267 e. The quantitative estimate of drug-likeness (QED) is 0.786. The van der Waals surface area contributed by atoms with Gasteiger partial charge < -0.3 is 15.2 Å². The van der Waals surface area contributed by atoms with Crippen LogP contribution >= 0.6 is 0 Å². The lowest BCUT2D eigenvalue weighted by molar-refractivity contribution is -0.123. The molecule has 7 heteroatoms. The number of likely N-dealkylation sites (tertiary alicyclic amines) is 1. The molecular formula is C22H27N5O2. The van der Waals surface area contributed by atoms with E-state index in [2.05, 4.69) is 21.6 Å². The molecule has 1 fully saturated rings. The lowest BCUT2D eigenvalue weighted by Crippen LogP contribution is -2.42. The van der Waals surface area contributed by atoms with Crippen LogP contribution in [0.2, 0.25) is 0 Å². The first-order valence-corrected chi connectivity index (χ1v) is 9.91. The Labute approximate surface area is 171 Å². The van der Waals surface area contributed by atoms with Crippen LogP contribution < -0.4 is 10.6 Å². The van der Waals surface area contributed by atoms with Crippen LogP contribution in [0, 0.1) is 11.3 Å². The highest BCUT2D eigenvalue weighted by Crippen LogP contribution is 2.31. The number of nitrogens with zero attached hydrogens (tertiary/aromatic N) is 3. The van der Waals surface area contributed by atoms with Crippen molar-refractivity contribution in [1.29, 1.82) is 5.26 Å². The third-order valence-corrected chi connectivity index (χ3v) is 5.49. The number of aromatic nitrogens is 1. The van der Waals surface area contributed by atoms with Gasteiger partial charge in [-0.05, 0) is 49.2 Å². The van der Waals surface area contributed by atoms with Crippen LogP contribution in [0.25, 0.3) is 0 Å². The molecule has 7 nitrogen and oxygen atoms in total. The largest absolute Gasteiger partial charge is 0.354 e. The second kappa shape index (κ2) is 9.39. The van der Waals surface area contributed by atoms with Gasteiger partial charge in [-0.25, -0.2) is 0 Å². The number of piperidine rings is 1. The van der Waals surface area contributed by atoms with Crippen LogP contribution in [0.5, 0.6) is 0 Å². The summed E-state index contributed by atoms with van der Waals surface area (Å²) in [7, 11) is 3.53. The van der Waals surface area contributed by atoms with E-state index in [9.17, 15) is 9.59 Å². The van der Waals surface area contributed by atoms with E-state index in [1.54, 1.807) is 19.2 Å². The van der Waals surface area contributed by atoms with Crippen LogP contribution in [0.15, 0.2) is 36.4 Å². The Kier molecular flexibility index (Phi) is 6.68. The molecule has 1 aliphatic rings. The first-order chi connectivity index (χ1) is 14.0. The van der Waals surface area contributed by atoms with Crippen molar-refractivity contribution in [3.05, 3.63) is 58.9 Å². The summed E-state index contributed by atoms with van der Waals surface area (Å²) in [6.45, 7) is 1.62. The molecule has 0 saturated carbocycles. The second-order valence-corrected chi connectivity index (χ2v) is 7.35. The third-order valence-electron chi connectivity index (χ3n) is 5.49. The fraction of sp³-hybridized carbons (Fsp3) is 0.409. The highest BCUT2D eigenvalue weighted by molar-refractivity contribution is 5.92. The molecule has 2 heterocycles. The third kappa shape index (κ3) is 4.84. The number of carbonyl (C=O) groups excluding carboxylic acids is 2. The number of rotatable bonds is 6. The molecule has 0 unspecified atom stereocenters. The molecule has 0 bridgehead atoms. The molecule has 2 aromatic rings. The average molecular weight is 393 g/mol. The molecule has 1 aliphatic heterocycles. The molecule has 1 atom stereocenters. The molecule has 1 aromatic heterocycles. The number of carbonyl (C=O) groups is 2. The Hall–Kier alpha value is -3.11. The van der Waals surface area contributed by atoms with E-state index in [1.807, 2.05) is 35.9 Å². The number of benzene rings is 1. The minimum Gasteiger partial charge on any atom is -0.354 e. The van der Waals surface area contributed by atoms with Gasteiger partial charge >= 0.3 is 0 Å². The van der Waals surface area contributed by atoms with Crippen LogP contribution in [0.3, 0.4) is 0 Å². The fourth-order valence-corrected chi connectivity index (χ4v) is 3.87. The van der Waals surface area contributed by atoms with Crippen molar-refractivity contribution in [2.45, 2.75) is 31.8 Å². The summed E-state index contributed by atoms with van der Waals surface area (Å²) < 4.78 is 1.93. The van der Waals surface area contributed by atoms with Gasteiger partial charge in [0.2, 0.25) is 5.91 Å². The van der Waals surface area contributed by atoms with Crippen molar-refractivity contribution in [3.8, 4) is 6.07 Å². The van der Waals surface area contributed by atoms with Crippen molar-refractivity contribution in [2.75, 3.05) is 20.1 Å². The lowest BCUT2D eigenvalue weighted by Gasteiger charge is -2.35. The van der Waals surface area contributed by atoms with E-state index in [-0.39, 0.29) is 17.9 Å². The van der Waals surface area contributed by atoms with Crippen LogP contribution in [-0.2, 0) is 18.4 Å². The fourth-order valence-electron chi connectivity index (χ4n) is 3.87. The molecule has 0 aliphatic carbocycles. The van der Waals surface area contributed by atoms with Gasteiger partial charge in [0.1, 0.15) is 5.69 Å². The van der Waals surface area contributed by atoms with Crippen molar-refractivity contribution < 1.29 is 9.59 Å². The van der Waals surface area contributed by atoms with Crippen molar-refractivity contribution in [1.82, 2.24) is 20.1 Å². The Morgan fingerprint density at radius 2 is 1.93 bits per heavy atom. The lowest BCUT2D eigenvalue weighted by atomic mass is 9.99. The zero-order valence-corrected chi connectivity index (χ0v) is 16.9. The summed E-state index contributed by atoms with van der Waals surface area (Å²) in [6, 6.07) is 13.2. The highest BCUT2D eigenvalue weighted by Gasteiger charge is 2.28. The Balaban J connectivity index is 1.63. The number of nitrogens with one attached hydrogen (secondary N) is 2. The zero-order chi connectivity index (χ0) is 20.8. The van der Waals surface area contributed by atoms with Crippen molar-refractivity contribution >= 4 is 11.8 Å². The summed E-state index contributed by atoms with van der Waals surface area (Å²) >= 11 is 0. The zero-order valence-electron chi connectivity index (χ0n) is 16.9. The van der Waals surface area contributed by atoms with E-state index >= 15 is 0 Å². The summed E-state index contributed by atoms with van der Waals surface area (Å²) in [5, 5.41) is 14.5. The molecule has 0 radical (unpaired) electrons. The van der Waals surface area contributed by atoms with E-state index < -0.39 is 0 Å². The van der Waals surface area contributed by atoms with Gasteiger partial charge in [0.05, 0.1) is 24.2 Å². The molecule has 2 amide bonds. The monoisotopic (exact) mass is 393 g/mol. The summed E-state index contributed by atoms with van der Waals surface area (Å²) in [6.07, 6.45) is 3.13. The van der Waals surface area contributed by atoms with Crippen molar-refractivity contribution in [3.63, 3.8) is 0 Å². The summed E-state index contributed by atoms with van der Waals surface area (Å²) in [5.74, 6) is -0.136. The number of hydrogen-bond donors (Lipinski definition) is 2. The van der Waals surface area contributed by atoms with Gasteiger partial charge in [-0.2, -0.15) is 5.26 Å². The summed E-state index contributed by atoms with van der Waals surface area (Å²) in [5.41, 5.74) is 3.25. The Morgan fingerprint density at radius 3 is 2.62 bits per heavy atom. The van der Waals surface area contributed by atoms with Gasteiger partial charge in [0.25, 0.3) is 5.91 Å². The molecular weight excluding hydrogens is 366 g/mol. The van der Waals surface area contributed by atoms with Crippen LogP contribution in [-0.4, -0.2) is 41.4 Å². The van der Waals surface area contributed by atoms with Crippen molar-refractivity contribution in [2.24, 2.45) is 7.05 Å². The number of amides is 2. The second-order valence-electron chi connectivity index (χ2n) is 7.35. The minimum atomic E-state index is -0.110. The van der Waals surface area contributed by atoms with E-state index in [4.69, 9.17) is 5.26 Å². The van der Waals surface area contributed by atoms with E-state index in [0.29, 0.717) is 24.3 Å². The van der Waals surface area contributed by atoms with Gasteiger partial charge in [0.15, 0.2) is 0 Å². The molecule has 29 heavy (non-hydrogen) atoms. The molecule has 1 saturated heterocycles. The molecule has 152 valence electrons. The standard InChI is InChI=1S/C22H27N5O2/c1-24-22(29)20-11-10-18(26(20)2)19-5-3-4-12-27(19)15-21(28)25-14-17-8-6-16(13-23)7-9-17/h6-11,19H,3-5,12,14-15H2,1-2H3,(H,24,29)(H,25,28)/t19-/m0/s1. The Morgan fingerprint density at radius 1 is 1.17 bits per heavy atom. The molecule has 1 aromatic carbocycles. The Bertz CT molecular complexity index is 910. The van der Waals surface area contributed by atoms with Crippen LogP contribution in [0.4, 0.5) is 0 Å². The summed E-state index contributed by atoms with van der Waals surface area (Å²) in [4.78, 5) is 26.8. The van der Waals surface area contributed by atoms with E-state index in [1.165, 1.54) is 0 Å². The van der Waals surface area contributed by atoms with Gasteiger partial charge in [-0.3, -0.25) is 14.5 Å². The SMILES string of the molecule is CNC(=O)c1ccc([C@@H]2CCCCN2CC(=O)NCc2ccc(C#N)cc2)n1C. The predicted octanol–water partition coefficient (Wildman–Crippen LogP) is 2.10. The molecule has 3 rings (SSSR count).